The Labute approximate surface area is 124 Å². The van der Waals surface area contributed by atoms with Crippen molar-refractivity contribution in [2.75, 3.05) is 31.1 Å². The Bertz CT molecular complexity index is 600. The van der Waals surface area contributed by atoms with E-state index in [0.29, 0.717) is 6.42 Å². The first-order valence-electron chi connectivity index (χ1n) is 7.31. The highest BCUT2D eigenvalue weighted by atomic mass is 16.2. The second-order valence-corrected chi connectivity index (χ2v) is 5.42. The van der Waals surface area contributed by atoms with E-state index < -0.39 is 0 Å². The van der Waals surface area contributed by atoms with Gasteiger partial charge in [-0.05, 0) is 25.1 Å². The van der Waals surface area contributed by atoms with Crippen molar-refractivity contribution in [1.82, 2.24) is 15.1 Å². The van der Waals surface area contributed by atoms with Gasteiger partial charge in [0.25, 0.3) is 0 Å². The first kappa shape index (κ1) is 13.7. The minimum Gasteiger partial charge on any atom is -0.368 e. The maximum atomic E-state index is 12.3. The molecule has 5 nitrogen and oxygen atoms in total. The van der Waals surface area contributed by atoms with Crippen molar-refractivity contribution >= 4 is 11.6 Å². The summed E-state index contributed by atoms with van der Waals surface area (Å²) in [7, 11) is 0. The highest BCUT2D eigenvalue weighted by Gasteiger charge is 2.21. The summed E-state index contributed by atoms with van der Waals surface area (Å²) in [6.45, 7) is 5.26. The van der Waals surface area contributed by atoms with Crippen LogP contribution in [0.3, 0.4) is 0 Å². The van der Waals surface area contributed by atoms with Gasteiger partial charge in [0.15, 0.2) is 0 Å². The summed E-state index contributed by atoms with van der Waals surface area (Å²) in [5, 5.41) is 7.01. The number of anilines is 1. The van der Waals surface area contributed by atoms with E-state index in [1.807, 2.05) is 36.1 Å². The quantitative estimate of drug-likeness (QED) is 0.931. The molecule has 21 heavy (non-hydrogen) atoms. The molecule has 0 unspecified atom stereocenters. The molecular formula is C16H20N4O. The molecule has 0 atom stereocenters. The van der Waals surface area contributed by atoms with Crippen molar-refractivity contribution in [2.24, 2.45) is 0 Å². The van der Waals surface area contributed by atoms with Crippen LogP contribution in [0.15, 0.2) is 36.4 Å². The van der Waals surface area contributed by atoms with Gasteiger partial charge in [-0.2, -0.15) is 5.10 Å². The molecule has 1 amide bonds. The van der Waals surface area contributed by atoms with Gasteiger partial charge < -0.3 is 9.80 Å². The zero-order valence-corrected chi connectivity index (χ0v) is 12.2. The number of carbonyl (C=O) groups excluding carboxylic acids is 1. The third-order valence-electron chi connectivity index (χ3n) is 3.85. The predicted octanol–water partition coefficient (Wildman–Crippen LogP) is 1.61. The van der Waals surface area contributed by atoms with Crippen LogP contribution < -0.4 is 4.90 Å². The monoisotopic (exact) mass is 284 g/mol. The Morgan fingerprint density at radius 2 is 1.90 bits per heavy atom. The van der Waals surface area contributed by atoms with Crippen LogP contribution in [0.4, 0.5) is 5.69 Å². The van der Waals surface area contributed by atoms with E-state index in [1.54, 1.807) is 0 Å². The van der Waals surface area contributed by atoms with Gasteiger partial charge in [0.1, 0.15) is 0 Å². The minimum absolute atomic E-state index is 0.161. The fourth-order valence-electron chi connectivity index (χ4n) is 2.68. The average molecular weight is 284 g/mol. The lowest BCUT2D eigenvalue weighted by Gasteiger charge is -2.36. The molecule has 0 aliphatic carbocycles. The molecule has 0 radical (unpaired) electrons. The van der Waals surface area contributed by atoms with Crippen LogP contribution in [-0.2, 0) is 11.2 Å². The molecule has 3 rings (SSSR count). The van der Waals surface area contributed by atoms with E-state index >= 15 is 0 Å². The number of nitrogens with zero attached hydrogens (tertiary/aromatic N) is 3. The number of aryl methyl sites for hydroxylation is 1. The second kappa shape index (κ2) is 5.99. The van der Waals surface area contributed by atoms with Gasteiger partial charge in [0, 0.05) is 37.6 Å². The highest BCUT2D eigenvalue weighted by molar-refractivity contribution is 5.78. The maximum Gasteiger partial charge on any atom is 0.228 e. The number of para-hydroxylation sites is 1. The van der Waals surface area contributed by atoms with Gasteiger partial charge in [0.2, 0.25) is 5.91 Å². The number of nitrogens with one attached hydrogen (secondary N) is 1. The number of aromatic amines is 1. The molecule has 0 bridgehead atoms. The van der Waals surface area contributed by atoms with Gasteiger partial charge in [-0.25, -0.2) is 0 Å². The molecule has 0 saturated carbocycles. The van der Waals surface area contributed by atoms with Crippen LogP contribution in [-0.4, -0.2) is 47.2 Å². The first-order valence-corrected chi connectivity index (χ1v) is 7.31. The maximum absolute atomic E-state index is 12.3. The summed E-state index contributed by atoms with van der Waals surface area (Å²) in [5.41, 5.74) is 3.04. The topological polar surface area (TPSA) is 52.2 Å². The summed E-state index contributed by atoms with van der Waals surface area (Å²) in [4.78, 5) is 16.5. The molecule has 0 spiro atoms. The largest absolute Gasteiger partial charge is 0.368 e. The number of amides is 1. The molecule has 2 heterocycles. The van der Waals surface area contributed by atoms with Gasteiger partial charge in [-0.15, -0.1) is 0 Å². The van der Waals surface area contributed by atoms with Crippen LogP contribution in [0.5, 0.6) is 0 Å². The predicted molar refractivity (Wildman–Crippen MR) is 82.3 cm³/mol. The number of rotatable bonds is 3. The highest BCUT2D eigenvalue weighted by Crippen LogP contribution is 2.16. The second-order valence-electron chi connectivity index (χ2n) is 5.42. The molecular weight excluding hydrogens is 264 g/mol. The normalized spacial score (nSPS) is 15.3. The van der Waals surface area contributed by atoms with E-state index in [9.17, 15) is 4.79 Å². The molecule has 1 N–H and O–H groups in total. The summed E-state index contributed by atoms with van der Waals surface area (Å²) in [6.07, 6.45) is 0.385. The summed E-state index contributed by atoms with van der Waals surface area (Å²) < 4.78 is 0. The Hall–Kier alpha value is -2.30. The van der Waals surface area contributed by atoms with E-state index in [1.165, 1.54) is 5.69 Å². The lowest BCUT2D eigenvalue weighted by molar-refractivity contribution is -0.130. The fraction of sp³-hybridized carbons (Fsp3) is 0.375. The molecule has 1 saturated heterocycles. The van der Waals surface area contributed by atoms with Gasteiger partial charge in [-0.3, -0.25) is 9.89 Å². The molecule has 1 fully saturated rings. The van der Waals surface area contributed by atoms with E-state index in [4.69, 9.17) is 0 Å². The third-order valence-corrected chi connectivity index (χ3v) is 3.85. The van der Waals surface area contributed by atoms with E-state index in [2.05, 4.69) is 27.2 Å². The Balaban J connectivity index is 1.54. The van der Waals surface area contributed by atoms with Gasteiger partial charge >= 0.3 is 0 Å². The van der Waals surface area contributed by atoms with Crippen LogP contribution in [0.2, 0.25) is 0 Å². The zero-order valence-electron chi connectivity index (χ0n) is 12.2. The Morgan fingerprint density at radius 1 is 1.19 bits per heavy atom. The standard InChI is InChI=1S/C16H20N4O/c1-13-11-14(18-17-13)12-16(21)20-9-7-19(8-10-20)15-5-3-2-4-6-15/h2-6,11H,7-10,12H2,1H3,(H,17,18). The van der Waals surface area contributed by atoms with Gasteiger partial charge in [0.05, 0.1) is 12.1 Å². The smallest absolute Gasteiger partial charge is 0.228 e. The number of H-pyrrole nitrogens is 1. The molecule has 1 aromatic carbocycles. The van der Waals surface area contributed by atoms with E-state index in [-0.39, 0.29) is 5.91 Å². The van der Waals surface area contributed by atoms with Crippen molar-refractivity contribution in [3.8, 4) is 0 Å². The Morgan fingerprint density at radius 3 is 2.52 bits per heavy atom. The third kappa shape index (κ3) is 3.24. The van der Waals surface area contributed by atoms with Crippen molar-refractivity contribution < 1.29 is 4.79 Å². The van der Waals surface area contributed by atoms with Crippen molar-refractivity contribution in [3.63, 3.8) is 0 Å². The molecule has 110 valence electrons. The first-order chi connectivity index (χ1) is 10.2. The molecule has 5 heteroatoms. The van der Waals surface area contributed by atoms with Crippen molar-refractivity contribution in [1.29, 1.82) is 0 Å². The molecule has 1 aromatic heterocycles. The number of aromatic nitrogens is 2. The van der Waals surface area contributed by atoms with Crippen LogP contribution >= 0.6 is 0 Å². The lowest BCUT2D eigenvalue weighted by atomic mass is 10.2. The molecule has 1 aliphatic rings. The summed E-state index contributed by atoms with van der Waals surface area (Å²) >= 11 is 0. The van der Waals surface area contributed by atoms with Crippen LogP contribution in [0.25, 0.3) is 0 Å². The Kier molecular flexibility index (Phi) is 3.90. The summed E-state index contributed by atoms with van der Waals surface area (Å²) in [5.74, 6) is 0.161. The van der Waals surface area contributed by atoms with Crippen LogP contribution in [0.1, 0.15) is 11.4 Å². The van der Waals surface area contributed by atoms with Crippen molar-refractivity contribution in [2.45, 2.75) is 13.3 Å². The lowest BCUT2D eigenvalue weighted by Crippen LogP contribution is -2.49. The zero-order chi connectivity index (χ0) is 14.7. The molecule has 2 aromatic rings. The number of benzene rings is 1. The van der Waals surface area contributed by atoms with E-state index in [0.717, 1.165) is 37.6 Å². The average Bonchev–Trinajstić information content (AvgIpc) is 2.93. The number of hydrogen-bond acceptors (Lipinski definition) is 3. The van der Waals surface area contributed by atoms with Crippen molar-refractivity contribution in [3.05, 3.63) is 47.8 Å². The number of carbonyl (C=O) groups is 1. The minimum atomic E-state index is 0.161. The number of hydrogen-bond donors (Lipinski definition) is 1. The molecule has 1 aliphatic heterocycles. The summed E-state index contributed by atoms with van der Waals surface area (Å²) in [6, 6.07) is 12.3. The SMILES string of the molecule is Cc1cc(CC(=O)N2CCN(c3ccccc3)CC2)n[nH]1. The fourth-order valence-corrected chi connectivity index (χ4v) is 2.68. The van der Waals surface area contributed by atoms with Crippen LogP contribution in [0, 0.1) is 6.92 Å². The number of piperazine rings is 1. The van der Waals surface area contributed by atoms with Gasteiger partial charge in [-0.1, -0.05) is 18.2 Å².